The van der Waals surface area contributed by atoms with Crippen LogP contribution in [0.1, 0.15) is 24.2 Å². The molecule has 0 atom stereocenters. The van der Waals surface area contributed by atoms with Crippen LogP contribution in [0.25, 0.3) is 0 Å². The summed E-state index contributed by atoms with van der Waals surface area (Å²) in [5, 5.41) is 10.2. The minimum atomic E-state index is -0.375. The fourth-order valence-electron chi connectivity index (χ4n) is 1.27. The molecule has 1 aromatic carbocycles. The number of carbonyl (C=O) groups excluding carboxylic acids is 1. The molecule has 1 amide bonds. The van der Waals surface area contributed by atoms with Crippen LogP contribution >= 0.6 is 0 Å². The zero-order valence-electron chi connectivity index (χ0n) is 10.1. The molecule has 0 saturated carbocycles. The summed E-state index contributed by atoms with van der Waals surface area (Å²) in [6.45, 7) is 3.51. The minimum absolute atomic E-state index is 0.221. The number of amides is 1. The molecule has 1 N–H and O–H groups in total. The second-order valence-corrected chi connectivity index (χ2v) is 4.18. The molecule has 0 heterocycles. The van der Waals surface area contributed by atoms with E-state index in [2.05, 4.69) is 0 Å². The molecule has 0 spiro atoms. The highest BCUT2D eigenvalue weighted by atomic mass is 16.5. The molecule has 0 bridgehead atoms. The van der Waals surface area contributed by atoms with E-state index in [0.717, 1.165) is 10.8 Å². The van der Waals surface area contributed by atoms with Crippen LogP contribution in [-0.4, -0.2) is 36.3 Å². The van der Waals surface area contributed by atoms with Crippen molar-refractivity contribution >= 4 is 11.6 Å². The van der Waals surface area contributed by atoms with E-state index in [0.29, 0.717) is 5.56 Å². The van der Waals surface area contributed by atoms with Crippen molar-refractivity contribution in [3.05, 3.63) is 29.8 Å². The van der Waals surface area contributed by atoms with Crippen LogP contribution in [0.3, 0.4) is 0 Å². The van der Waals surface area contributed by atoms with Crippen LogP contribution in [0.2, 0.25) is 0 Å². The quantitative estimate of drug-likeness (QED) is 0.628. The summed E-state index contributed by atoms with van der Waals surface area (Å²) in [5.74, 6) is -0.375. The van der Waals surface area contributed by atoms with Gasteiger partial charge in [0.25, 0.3) is 5.91 Å². The van der Waals surface area contributed by atoms with Crippen molar-refractivity contribution in [2.75, 3.05) is 19.0 Å². The van der Waals surface area contributed by atoms with Crippen LogP contribution in [0.4, 0.5) is 5.69 Å². The van der Waals surface area contributed by atoms with E-state index in [1.54, 1.807) is 26.0 Å². The third-order valence-corrected chi connectivity index (χ3v) is 2.33. The van der Waals surface area contributed by atoms with Crippen molar-refractivity contribution in [1.29, 1.82) is 0 Å². The number of hydrogen-bond donors (Lipinski definition) is 1. The maximum Gasteiger partial charge on any atom is 0.277 e. The number of hydroxylamine groups is 2. The van der Waals surface area contributed by atoms with Gasteiger partial charge in [0, 0.05) is 25.3 Å². The Labute approximate surface area is 96.1 Å². The lowest BCUT2D eigenvalue weighted by Crippen LogP contribution is -2.33. The summed E-state index contributed by atoms with van der Waals surface area (Å²) in [6.07, 6.45) is 0. The van der Waals surface area contributed by atoms with Gasteiger partial charge >= 0.3 is 0 Å². The van der Waals surface area contributed by atoms with Crippen molar-refractivity contribution in [2.45, 2.75) is 19.9 Å². The van der Waals surface area contributed by atoms with Crippen LogP contribution < -0.4 is 4.90 Å². The van der Waals surface area contributed by atoms with E-state index in [9.17, 15) is 10.0 Å². The maximum absolute atomic E-state index is 11.7. The van der Waals surface area contributed by atoms with Gasteiger partial charge in [0.1, 0.15) is 0 Å². The number of rotatable bonds is 3. The molecular formula is C12H18N2O2. The first-order chi connectivity index (χ1) is 7.43. The van der Waals surface area contributed by atoms with Gasteiger partial charge in [-0.15, -0.1) is 0 Å². The fraction of sp³-hybridized carbons (Fsp3) is 0.417. The van der Waals surface area contributed by atoms with E-state index in [4.69, 9.17) is 0 Å². The maximum atomic E-state index is 11.7. The van der Waals surface area contributed by atoms with E-state index in [1.165, 1.54) is 0 Å². The molecule has 0 aromatic heterocycles. The predicted octanol–water partition coefficient (Wildman–Crippen LogP) is 1.99. The molecular weight excluding hydrogens is 204 g/mol. The molecule has 0 aliphatic carbocycles. The molecule has 1 rings (SSSR count). The molecule has 4 nitrogen and oxygen atoms in total. The zero-order chi connectivity index (χ0) is 12.3. The highest BCUT2D eigenvalue weighted by molar-refractivity contribution is 5.93. The average molecular weight is 222 g/mol. The van der Waals surface area contributed by atoms with E-state index in [-0.39, 0.29) is 11.9 Å². The lowest BCUT2D eigenvalue weighted by Gasteiger charge is -2.19. The molecule has 0 fully saturated rings. The number of anilines is 1. The molecule has 16 heavy (non-hydrogen) atoms. The van der Waals surface area contributed by atoms with Crippen molar-refractivity contribution in [3.63, 3.8) is 0 Å². The second kappa shape index (κ2) is 4.99. The summed E-state index contributed by atoms with van der Waals surface area (Å²) in [4.78, 5) is 13.7. The van der Waals surface area contributed by atoms with E-state index >= 15 is 0 Å². The summed E-state index contributed by atoms with van der Waals surface area (Å²) < 4.78 is 0. The fourth-order valence-corrected chi connectivity index (χ4v) is 1.27. The highest BCUT2D eigenvalue weighted by Gasteiger charge is 2.16. The second-order valence-electron chi connectivity index (χ2n) is 4.18. The normalized spacial score (nSPS) is 10.4. The number of carbonyl (C=O) groups is 1. The standard InChI is InChI=1S/C12H18N2O2/c1-9(2)14(16)12(15)10-5-7-11(8-6-10)13(3)4/h5-9,16H,1-4H3. The van der Waals surface area contributed by atoms with Crippen LogP contribution in [0, 0.1) is 0 Å². The minimum Gasteiger partial charge on any atom is -0.378 e. The Hall–Kier alpha value is -1.55. The molecule has 4 heteroatoms. The van der Waals surface area contributed by atoms with Crippen LogP contribution in [0.5, 0.6) is 0 Å². The summed E-state index contributed by atoms with van der Waals surface area (Å²) in [6, 6.07) is 6.90. The first kappa shape index (κ1) is 12.5. The molecule has 0 aliphatic rings. The van der Waals surface area contributed by atoms with Crippen molar-refractivity contribution in [1.82, 2.24) is 5.06 Å². The Morgan fingerprint density at radius 1 is 1.19 bits per heavy atom. The SMILES string of the molecule is CC(C)N(O)C(=O)c1ccc(N(C)C)cc1. The van der Waals surface area contributed by atoms with Gasteiger partial charge in [0.2, 0.25) is 0 Å². The van der Waals surface area contributed by atoms with Gasteiger partial charge in [0.05, 0.1) is 6.04 Å². The van der Waals surface area contributed by atoms with Crippen molar-refractivity contribution in [3.8, 4) is 0 Å². The molecule has 0 unspecified atom stereocenters. The molecule has 0 aliphatic heterocycles. The van der Waals surface area contributed by atoms with Gasteiger partial charge in [-0.1, -0.05) is 0 Å². The van der Waals surface area contributed by atoms with Gasteiger partial charge in [-0.3, -0.25) is 10.0 Å². The first-order valence-corrected chi connectivity index (χ1v) is 5.23. The Morgan fingerprint density at radius 2 is 1.69 bits per heavy atom. The summed E-state index contributed by atoms with van der Waals surface area (Å²) in [7, 11) is 3.87. The van der Waals surface area contributed by atoms with Crippen molar-refractivity contribution in [2.24, 2.45) is 0 Å². The Kier molecular flexibility index (Phi) is 3.90. The topological polar surface area (TPSA) is 43.8 Å². The number of hydrogen-bond acceptors (Lipinski definition) is 3. The summed E-state index contributed by atoms with van der Waals surface area (Å²) in [5.41, 5.74) is 1.51. The zero-order valence-corrected chi connectivity index (χ0v) is 10.1. The summed E-state index contributed by atoms with van der Waals surface area (Å²) >= 11 is 0. The smallest absolute Gasteiger partial charge is 0.277 e. The van der Waals surface area contributed by atoms with Gasteiger partial charge in [-0.2, -0.15) is 0 Å². The highest BCUT2D eigenvalue weighted by Crippen LogP contribution is 2.14. The average Bonchev–Trinajstić information content (AvgIpc) is 2.27. The number of nitrogens with zero attached hydrogens (tertiary/aromatic N) is 2. The number of benzene rings is 1. The van der Waals surface area contributed by atoms with Crippen molar-refractivity contribution < 1.29 is 10.0 Å². The molecule has 0 radical (unpaired) electrons. The Bertz CT molecular complexity index is 358. The van der Waals surface area contributed by atoms with Crippen LogP contribution in [-0.2, 0) is 0 Å². The van der Waals surface area contributed by atoms with Gasteiger partial charge in [-0.05, 0) is 38.1 Å². The Balaban J connectivity index is 2.86. The van der Waals surface area contributed by atoms with E-state index < -0.39 is 0 Å². The Morgan fingerprint density at radius 3 is 2.06 bits per heavy atom. The monoisotopic (exact) mass is 222 g/mol. The molecule has 88 valence electrons. The van der Waals surface area contributed by atoms with Crippen LogP contribution in [0.15, 0.2) is 24.3 Å². The lowest BCUT2D eigenvalue weighted by molar-refractivity contribution is -0.0794. The van der Waals surface area contributed by atoms with Gasteiger partial charge in [-0.25, -0.2) is 5.06 Å². The molecule has 1 aromatic rings. The molecule has 0 saturated heterocycles. The lowest BCUT2D eigenvalue weighted by atomic mass is 10.1. The van der Waals surface area contributed by atoms with Gasteiger partial charge in [0.15, 0.2) is 0 Å². The third-order valence-electron chi connectivity index (χ3n) is 2.33. The predicted molar refractivity (Wildman–Crippen MR) is 63.9 cm³/mol. The third kappa shape index (κ3) is 2.73. The largest absolute Gasteiger partial charge is 0.378 e. The van der Waals surface area contributed by atoms with E-state index in [1.807, 2.05) is 31.1 Å². The van der Waals surface area contributed by atoms with Gasteiger partial charge < -0.3 is 4.90 Å². The first-order valence-electron chi connectivity index (χ1n) is 5.23.